The van der Waals surface area contributed by atoms with Crippen LogP contribution in [0.4, 0.5) is 27.8 Å². The molecule has 61 heavy (non-hydrogen) atoms. The Labute approximate surface area is 354 Å². The molecule has 0 radical (unpaired) electrons. The van der Waals surface area contributed by atoms with Crippen LogP contribution in [0.2, 0.25) is 0 Å². The number of benzene rings is 4. The van der Waals surface area contributed by atoms with Gasteiger partial charge in [0.15, 0.2) is 5.71 Å². The van der Waals surface area contributed by atoms with Crippen LogP contribution in [0, 0.1) is 17.7 Å². The van der Waals surface area contributed by atoms with Gasteiger partial charge in [-0.1, -0.05) is 60.4 Å². The Balaban J connectivity index is 0.942. The summed E-state index contributed by atoms with van der Waals surface area (Å²) in [5.74, 6) is 4.35. The number of nitrogens with one attached hydrogen (secondary N) is 3. The van der Waals surface area contributed by atoms with Crippen molar-refractivity contribution < 1.29 is 37.0 Å². The second-order valence-corrected chi connectivity index (χ2v) is 14.8. The third kappa shape index (κ3) is 10.7. The van der Waals surface area contributed by atoms with E-state index in [9.17, 15) is 32.3 Å². The van der Waals surface area contributed by atoms with Gasteiger partial charge in [0, 0.05) is 70.8 Å². The molecule has 310 valence electrons. The molecule has 1 aliphatic rings. The van der Waals surface area contributed by atoms with Crippen LogP contribution in [-0.4, -0.2) is 58.0 Å². The predicted molar refractivity (Wildman–Crippen MR) is 226 cm³/mol. The summed E-state index contributed by atoms with van der Waals surface area (Å²) >= 11 is 2.59. The third-order valence-electron chi connectivity index (χ3n) is 8.84. The zero-order valence-corrected chi connectivity index (χ0v) is 33.5. The maximum Gasteiger partial charge on any atom is 0.419 e. The number of carbonyl (C=O) groups is 2. The molecule has 0 atom stereocenters. The van der Waals surface area contributed by atoms with E-state index in [0.717, 1.165) is 17.7 Å². The number of carbonyl (C=O) groups excluding carboxylic acids is 2. The molecule has 1 aliphatic heterocycles. The lowest BCUT2D eigenvalue weighted by Gasteiger charge is -2.14. The molecule has 7 rings (SSSR count). The van der Waals surface area contributed by atoms with Gasteiger partial charge in [-0.25, -0.2) is 14.4 Å². The highest BCUT2D eigenvalue weighted by Gasteiger charge is 2.36. The van der Waals surface area contributed by atoms with Crippen molar-refractivity contribution in [3.8, 4) is 28.8 Å². The maximum atomic E-state index is 13.7. The molecule has 0 aliphatic carbocycles. The Morgan fingerprint density at radius 3 is 2.54 bits per heavy atom. The zero-order valence-electron chi connectivity index (χ0n) is 31.9. The van der Waals surface area contributed by atoms with Crippen molar-refractivity contribution in [2.24, 2.45) is 10.2 Å². The number of alkyl halides is 3. The number of nitrogens with zero attached hydrogens (tertiary/aromatic N) is 5. The molecule has 4 aromatic carbocycles. The lowest BCUT2D eigenvalue weighted by atomic mass is 10.1. The summed E-state index contributed by atoms with van der Waals surface area (Å²) in [4.78, 5) is 35.3. The first-order valence-electron chi connectivity index (χ1n) is 18.6. The Morgan fingerprint density at radius 1 is 0.967 bits per heavy atom. The molecule has 2 aromatic heterocycles. The van der Waals surface area contributed by atoms with Gasteiger partial charge in [-0.05, 0) is 48.0 Å². The van der Waals surface area contributed by atoms with E-state index in [0.29, 0.717) is 62.6 Å². The number of hydrazone groups is 2. The van der Waals surface area contributed by atoms with Gasteiger partial charge in [-0.3, -0.25) is 15.0 Å². The molecule has 0 spiro atoms. The predicted octanol–water partition coefficient (Wildman–Crippen LogP) is 7.48. The standard InChI is InChI=1S/C43H34F4N8O4S2/c44-34-15-9-28(23-33(34)43(45,46)47)25-59-36-16-10-27(22-32(36)24-48-18-20-56)6-4-5-17-49-39(57)31-13-11-29(12-14-31)35-26-61-42(51-35)55-40(58)38(52-53-41-50-19-21-60-41)37(54-55)30-7-2-1-3-8-30/h1-3,7-16,19,21-23,26,48,56H,5,17-18,20,24-25H2,(H,49,57)(H,50,53). The summed E-state index contributed by atoms with van der Waals surface area (Å²) in [6, 6.07) is 24.0. The van der Waals surface area contributed by atoms with Crippen molar-refractivity contribution in [2.75, 3.05) is 30.1 Å². The van der Waals surface area contributed by atoms with Crippen molar-refractivity contribution >= 4 is 56.2 Å². The van der Waals surface area contributed by atoms with E-state index in [-0.39, 0.29) is 43.5 Å². The molecule has 0 unspecified atom stereocenters. The van der Waals surface area contributed by atoms with Crippen LogP contribution in [0.5, 0.6) is 5.75 Å². The lowest BCUT2D eigenvalue weighted by Crippen LogP contribution is -2.28. The molecule has 4 N–H and O–H groups in total. The number of halogens is 4. The summed E-state index contributed by atoms with van der Waals surface area (Å²) in [7, 11) is 0. The van der Waals surface area contributed by atoms with E-state index in [1.807, 2.05) is 30.3 Å². The average molecular weight is 867 g/mol. The average Bonchev–Trinajstić information content (AvgIpc) is 4.04. The Morgan fingerprint density at radius 2 is 1.79 bits per heavy atom. The minimum Gasteiger partial charge on any atom is -0.489 e. The lowest BCUT2D eigenvalue weighted by molar-refractivity contribution is -0.140. The van der Waals surface area contributed by atoms with Crippen LogP contribution in [0.3, 0.4) is 0 Å². The van der Waals surface area contributed by atoms with Crippen LogP contribution in [0.25, 0.3) is 11.3 Å². The monoisotopic (exact) mass is 866 g/mol. The van der Waals surface area contributed by atoms with Crippen molar-refractivity contribution in [1.82, 2.24) is 20.6 Å². The summed E-state index contributed by atoms with van der Waals surface area (Å²) in [6.45, 7) is 0.522. The first kappa shape index (κ1) is 42.3. The van der Waals surface area contributed by atoms with Crippen molar-refractivity contribution in [3.05, 3.63) is 147 Å². The first-order valence-corrected chi connectivity index (χ1v) is 20.3. The van der Waals surface area contributed by atoms with Gasteiger partial charge < -0.3 is 20.5 Å². The summed E-state index contributed by atoms with van der Waals surface area (Å²) in [5, 5.41) is 29.7. The fraction of sp³-hybridized carbons (Fsp3) is 0.163. The van der Waals surface area contributed by atoms with Gasteiger partial charge >= 0.3 is 12.1 Å². The largest absolute Gasteiger partial charge is 0.489 e. The molecule has 0 saturated carbocycles. The molecule has 18 heteroatoms. The number of aromatic nitrogens is 2. The first-order chi connectivity index (χ1) is 29.6. The molecule has 12 nitrogen and oxygen atoms in total. The van der Waals surface area contributed by atoms with Crippen LogP contribution in [-0.2, 0) is 24.1 Å². The Bertz CT molecular complexity index is 2620. The molecular formula is C43H34F4N8O4S2. The highest BCUT2D eigenvalue weighted by molar-refractivity contribution is 7.14. The summed E-state index contributed by atoms with van der Waals surface area (Å²) in [5.41, 5.74) is 5.88. The summed E-state index contributed by atoms with van der Waals surface area (Å²) in [6.07, 6.45) is -2.87. The fourth-order valence-corrected chi connectivity index (χ4v) is 7.12. The number of thiazole rings is 2. The number of amides is 2. The topological polar surface area (TPSA) is 153 Å². The fourth-order valence-electron chi connectivity index (χ4n) is 5.87. The highest BCUT2D eigenvalue weighted by Crippen LogP contribution is 2.33. The van der Waals surface area contributed by atoms with Gasteiger partial charge in [-0.15, -0.1) is 22.7 Å². The second kappa shape index (κ2) is 19.5. The normalized spacial score (nSPS) is 13.2. The molecule has 0 fully saturated rings. The summed E-state index contributed by atoms with van der Waals surface area (Å²) < 4.78 is 59.1. The van der Waals surface area contributed by atoms with Crippen molar-refractivity contribution in [3.63, 3.8) is 0 Å². The van der Waals surface area contributed by atoms with Crippen LogP contribution >= 0.6 is 22.7 Å². The van der Waals surface area contributed by atoms with E-state index in [1.54, 1.807) is 59.4 Å². The van der Waals surface area contributed by atoms with Gasteiger partial charge in [0.2, 0.25) is 10.3 Å². The van der Waals surface area contributed by atoms with Crippen LogP contribution < -0.4 is 25.8 Å². The van der Waals surface area contributed by atoms with Gasteiger partial charge in [-0.2, -0.15) is 28.4 Å². The number of hydrogen-bond donors (Lipinski definition) is 4. The SMILES string of the molecule is O=C(NCCC#Cc1ccc(OCc2ccc(F)c(C(F)(F)F)c2)c(CNCCO)c1)c1ccc(-c2csc(N3N=C(c4ccccc4)C(=NNc4nccs4)C3=O)n2)cc1. The van der Waals surface area contributed by atoms with E-state index >= 15 is 0 Å². The molecule has 2 amide bonds. The molecular weight excluding hydrogens is 833 g/mol. The molecule has 0 bridgehead atoms. The number of ether oxygens (including phenoxy) is 1. The van der Waals surface area contributed by atoms with Gasteiger partial charge in [0.25, 0.3) is 5.91 Å². The van der Waals surface area contributed by atoms with Crippen molar-refractivity contribution in [1.29, 1.82) is 0 Å². The molecule has 6 aromatic rings. The number of aliphatic hydroxyl groups excluding tert-OH is 1. The minimum atomic E-state index is -4.84. The Kier molecular flexibility index (Phi) is 13.6. The number of anilines is 2. The van der Waals surface area contributed by atoms with Crippen LogP contribution in [0.15, 0.2) is 118 Å². The highest BCUT2D eigenvalue weighted by atomic mass is 32.1. The quantitative estimate of drug-likeness (QED) is 0.0359. The third-order valence-corrected chi connectivity index (χ3v) is 10.3. The molecule has 3 heterocycles. The second-order valence-electron chi connectivity index (χ2n) is 13.1. The number of aliphatic hydroxyl groups is 1. The minimum absolute atomic E-state index is 0.103. The zero-order chi connectivity index (χ0) is 42.8. The smallest absolute Gasteiger partial charge is 0.419 e. The Hall–Kier alpha value is -6.78. The van der Waals surface area contributed by atoms with E-state index in [2.05, 4.69) is 48.1 Å². The van der Waals surface area contributed by atoms with Gasteiger partial charge in [0.1, 0.15) is 23.9 Å². The number of rotatable bonds is 15. The van der Waals surface area contributed by atoms with E-state index < -0.39 is 23.5 Å². The van der Waals surface area contributed by atoms with E-state index in [4.69, 9.17) is 4.74 Å². The van der Waals surface area contributed by atoms with Crippen molar-refractivity contribution in [2.45, 2.75) is 25.7 Å². The van der Waals surface area contributed by atoms with E-state index in [1.165, 1.54) is 33.7 Å². The number of hydrogen-bond acceptors (Lipinski definition) is 12. The molecule has 0 saturated heterocycles. The van der Waals surface area contributed by atoms with Crippen LogP contribution in [0.1, 0.15) is 44.6 Å². The van der Waals surface area contributed by atoms with Gasteiger partial charge in [0.05, 0.1) is 17.9 Å². The maximum absolute atomic E-state index is 13.7.